The first-order chi connectivity index (χ1) is 6.11. The van der Waals surface area contributed by atoms with Crippen LogP contribution in [0.2, 0.25) is 0 Å². The van der Waals surface area contributed by atoms with Crippen molar-refractivity contribution in [1.29, 1.82) is 0 Å². The third-order valence-electron chi connectivity index (χ3n) is 2.24. The van der Waals surface area contributed by atoms with Crippen molar-refractivity contribution in [2.75, 3.05) is 26.2 Å². The highest BCUT2D eigenvalue weighted by Gasteiger charge is 2.11. The van der Waals surface area contributed by atoms with Crippen molar-refractivity contribution in [3.63, 3.8) is 0 Å². The minimum absolute atomic E-state index is 0.270. The minimum Gasteiger partial charge on any atom is -0.396 e. The smallest absolute Gasteiger partial charge is 0.0468 e. The van der Waals surface area contributed by atoms with E-state index in [-0.39, 0.29) is 6.61 Å². The fourth-order valence-electron chi connectivity index (χ4n) is 1.31. The lowest BCUT2D eigenvalue weighted by Crippen LogP contribution is -2.37. The molecule has 0 aromatic rings. The Hall–Kier alpha value is -0.120. The first-order valence-corrected chi connectivity index (χ1v) is 5.16. The minimum atomic E-state index is 0.270. The third-order valence-corrected chi connectivity index (χ3v) is 2.24. The summed E-state index contributed by atoms with van der Waals surface area (Å²) in [6, 6.07) is 0.542. The van der Waals surface area contributed by atoms with Gasteiger partial charge in [0.15, 0.2) is 0 Å². The van der Waals surface area contributed by atoms with Gasteiger partial charge in [-0.1, -0.05) is 6.92 Å². The van der Waals surface area contributed by atoms with Crippen LogP contribution in [0, 0.1) is 5.92 Å². The van der Waals surface area contributed by atoms with E-state index in [0.29, 0.717) is 12.0 Å². The lowest BCUT2D eigenvalue weighted by Gasteiger charge is -2.28. The molecule has 0 spiro atoms. The fraction of sp³-hybridized carbons (Fsp3) is 1.00. The van der Waals surface area contributed by atoms with E-state index in [0.717, 1.165) is 26.1 Å². The molecule has 0 aliphatic heterocycles. The molecule has 0 bridgehead atoms. The predicted molar refractivity (Wildman–Crippen MR) is 56.6 cm³/mol. The molecule has 0 aromatic carbocycles. The second-order valence-electron chi connectivity index (χ2n) is 4.02. The van der Waals surface area contributed by atoms with Crippen LogP contribution in [0.4, 0.5) is 0 Å². The monoisotopic (exact) mass is 188 g/mol. The van der Waals surface area contributed by atoms with E-state index in [9.17, 15) is 0 Å². The number of rotatable bonds is 7. The zero-order chi connectivity index (χ0) is 10.3. The average Bonchev–Trinajstić information content (AvgIpc) is 2.11. The largest absolute Gasteiger partial charge is 0.396 e. The molecule has 0 radical (unpaired) electrons. The van der Waals surface area contributed by atoms with Gasteiger partial charge in [0.05, 0.1) is 0 Å². The van der Waals surface area contributed by atoms with E-state index in [2.05, 4.69) is 25.7 Å². The van der Waals surface area contributed by atoms with Crippen LogP contribution >= 0.6 is 0 Å². The van der Waals surface area contributed by atoms with Gasteiger partial charge in [0.25, 0.3) is 0 Å². The number of aliphatic hydroxyl groups excluding tert-OH is 1. The van der Waals surface area contributed by atoms with E-state index < -0.39 is 0 Å². The summed E-state index contributed by atoms with van der Waals surface area (Å²) in [7, 11) is 0. The Morgan fingerprint density at radius 1 is 1.31 bits per heavy atom. The number of hydrogen-bond donors (Lipinski definition) is 2. The first kappa shape index (κ1) is 12.9. The Bertz CT molecular complexity index is 117. The van der Waals surface area contributed by atoms with Crippen molar-refractivity contribution < 1.29 is 5.11 Å². The Morgan fingerprint density at radius 3 is 2.31 bits per heavy atom. The molecule has 0 aromatic heterocycles. The van der Waals surface area contributed by atoms with Crippen LogP contribution in [0.25, 0.3) is 0 Å². The summed E-state index contributed by atoms with van der Waals surface area (Å²) in [5.41, 5.74) is 5.46. The molecular formula is C10H24N2O. The predicted octanol–water partition coefficient (Wildman–Crippen LogP) is 0.674. The Kier molecular flexibility index (Phi) is 7.23. The molecule has 0 rings (SSSR count). The zero-order valence-electron chi connectivity index (χ0n) is 9.16. The van der Waals surface area contributed by atoms with Gasteiger partial charge in [0.1, 0.15) is 0 Å². The van der Waals surface area contributed by atoms with Gasteiger partial charge < -0.3 is 15.7 Å². The second kappa shape index (κ2) is 7.30. The van der Waals surface area contributed by atoms with Gasteiger partial charge in [-0.05, 0) is 39.3 Å². The van der Waals surface area contributed by atoms with Gasteiger partial charge in [-0.15, -0.1) is 0 Å². The molecule has 3 heteroatoms. The summed E-state index contributed by atoms with van der Waals surface area (Å²) >= 11 is 0. The molecule has 0 saturated heterocycles. The van der Waals surface area contributed by atoms with Gasteiger partial charge in [-0.2, -0.15) is 0 Å². The van der Waals surface area contributed by atoms with Gasteiger partial charge in [-0.3, -0.25) is 0 Å². The number of aliphatic hydroxyl groups is 1. The van der Waals surface area contributed by atoms with E-state index in [4.69, 9.17) is 10.8 Å². The highest BCUT2D eigenvalue weighted by molar-refractivity contribution is 4.66. The third kappa shape index (κ3) is 6.02. The van der Waals surface area contributed by atoms with Crippen LogP contribution in [0.15, 0.2) is 0 Å². The van der Waals surface area contributed by atoms with Gasteiger partial charge >= 0.3 is 0 Å². The summed E-state index contributed by atoms with van der Waals surface area (Å²) in [4.78, 5) is 2.37. The molecule has 3 N–H and O–H groups in total. The molecule has 0 aliphatic carbocycles. The molecule has 0 heterocycles. The summed E-state index contributed by atoms with van der Waals surface area (Å²) < 4.78 is 0. The average molecular weight is 188 g/mol. The van der Waals surface area contributed by atoms with Crippen molar-refractivity contribution in [3.8, 4) is 0 Å². The lowest BCUT2D eigenvalue weighted by atomic mass is 10.1. The molecule has 80 valence electrons. The standard InChI is InChI=1S/C10H24N2O/c1-9(2)12(6-4-5-11)7-10(3)8-13/h9-10,13H,4-8,11H2,1-3H3. The van der Waals surface area contributed by atoms with Gasteiger partial charge in [0, 0.05) is 19.2 Å². The summed E-state index contributed by atoms with van der Waals surface area (Å²) in [5, 5.41) is 8.94. The zero-order valence-corrected chi connectivity index (χ0v) is 9.16. The van der Waals surface area contributed by atoms with Crippen LogP contribution < -0.4 is 5.73 Å². The molecule has 0 fully saturated rings. The van der Waals surface area contributed by atoms with Crippen LogP contribution in [-0.4, -0.2) is 42.3 Å². The lowest BCUT2D eigenvalue weighted by molar-refractivity contribution is 0.148. The Balaban J connectivity index is 3.79. The van der Waals surface area contributed by atoms with Crippen LogP contribution in [-0.2, 0) is 0 Å². The highest BCUT2D eigenvalue weighted by atomic mass is 16.3. The maximum absolute atomic E-state index is 8.94. The Labute approximate surface area is 81.9 Å². The summed E-state index contributed by atoms with van der Waals surface area (Å²) in [5.74, 6) is 0.361. The molecule has 1 atom stereocenters. The van der Waals surface area contributed by atoms with E-state index in [1.54, 1.807) is 0 Å². The van der Waals surface area contributed by atoms with Crippen molar-refractivity contribution in [2.45, 2.75) is 33.2 Å². The number of nitrogens with zero attached hydrogens (tertiary/aromatic N) is 1. The van der Waals surface area contributed by atoms with Crippen molar-refractivity contribution in [2.24, 2.45) is 11.7 Å². The normalized spacial score (nSPS) is 14.1. The molecule has 1 unspecified atom stereocenters. The second-order valence-corrected chi connectivity index (χ2v) is 4.02. The van der Waals surface area contributed by atoms with Gasteiger partial charge in [0.2, 0.25) is 0 Å². The quantitative estimate of drug-likeness (QED) is 0.617. The highest BCUT2D eigenvalue weighted by Crippen LogP contribution is 2.04. The maximum atomic E-state index is 8.94. The van der Waals surface area contributed by atoms with Gasteiger partial charge in [-0.25, -0.2) is 0 Å². The van der Waals surface area contributed by atoms with E-state index in [1.807, 2.05) is 0 Å². The van der Waals surface area contributed by atoms with Crippen LogP contribution in [0.3, 0.4) is 0 Å². The molecule has 0 aliphatic rings. The van der Waals surface area contributed by atoms with Crippen molar-refractivity contribution >= 4 is 0 Å². The fourth-order valence-corrected chi connectivity index (χ4v) is 1.31. The topological polar surface area (TPSA) is 49.5 Å². The van der Waals surface area contributed by atoms with Crippen molar-refractivity contribution in [1.82, 2.24) is 4.90 Å². The van der Waals surface area contributed by atoms with Crippen LogP contribution in [0.1, 0.15) is 27.2 Å². The number of hydrogen-bond acceptors (Lipinski definition) is 3. The summed E-state index contributed by atoms with van der Waals surface area (Å²) in [6.07, 6.45) is 1.04. The SMILES string of the molecule is CC(CO)CN(CCCN)C(C)C. The molecular weight excluding hydrogens is 164 g/mol. The molecule has 0 saturated carbocycles. The Morgan fingerprint density at radius 2 is 1.92 bits per heavy atom. The first-order valence-electron chi connectivity index (χ1n) is 5.16. The molecule has 0 amide bonds. The van der Waals surface area contributed by atoms with Crippen LogP contribution in [0.5, 0.6) is 0 Å². The molecule has 3 nitrogen and oxygen atoms in total. The van der Waals surface area contributed by atoms with Crippen molar-refractivity contribution in [3.05, 3.63) is 0 Å². The number of nitrogens with two attached hydrogens (primary N) is 1. The molecule has 13 heavy (non-hydrogen) atoms. The van der Waals surface area contributed by atoms with E-state index in [1.165, 1.54) is 0 Å². The maximum Gasteiger partial charge on any atom is 0.0468 e. The summed E-state index contributed by atoms with van der Waals surface area (Å²) in [6.45, 7) is 9.45. The van der Waals surface area contributed by atoms with E-state index >= 15 is 0 Å².